The van der Waals surface area contributed by atoms with E-state index in [1.54, 1.807) is 30.5 Å². The molecule has 1 aromatic heterocycles. The molecule has 1 fully saturated rings. The fourth-order valence-electron chi connectivity index (χ4n) is 3.17. The van der Waals surface area contributed by atoms with Crippen molar-refractivity contribution < 1.29 is 9.59 Å². The van der Waals surface area contributed by atoms with E-state index in [2.05, 4.69) is 20.9 Å². The number of urea groups is 1. The summed E-state index contributed by atoms with van der Waals surface area (Å²) in [6.07, 6.45) is 3.63. The van der Waals surface area contributed by atoms with Crippen molar-refractivity contribution in [3.05, 3.63) is 48.0 Å². The zero-order valence-corrected chi connectivity index (χ0v) is 17.1. The second-order valence-corrected chi connectivity index (χ2v) is 6.95. The van der Waals surface area contributed by atoms with Crippen molar-refractivity contribution in [3.63, 3.8) is 0 Å². The summed E-state index contributed by atoms with van der Waals surface area (Å²) in [5.74, 6) is 0.821. The molecule has 2 aromatic rings. The molecule has 0 saturated carbocycles. The topological polar surface area (TPSA) is 91.3 Å². The second-order valence-electron chi connectivity index (χ2n) is 6.95. The highest BCUT2D eigenvalue weighted by Gasteiger charge is 2.30. The predicted octanol–water partition coefficient (Wildman–Crippen LogP) is 2.16. The summed E-state index contributed by atoms with van der Waals surface area (Å²) >= 11 is 0. The lowest BCUT2D eigenvalue weighted by Crippen LogP contribution is -2.49. The Balaban J connectivity index is 0.00000280. The number of aryl methyl sites for hydroxylation is 1. The van der Waals surface area contributed by atoms with E-state index in [1.165, 1.54) is 0 Å². The summed E-state index contributed by atoms with van der Waals surface area (Å²) in [7, 11) is 1.93. The number of nitrogens with zero attached hydrogens (tertiary/aromatic N) is 3. The Kier molecular flexibility index (Phi) is 7.42. The predicted molar refractivity (Wildman–Crippen MR) is 111 cm³/mol. The van der Waals surface area contributed by atoms with Crippen LogP contribution >= 0.6 is 12.4 Å². The number of aromatic nitrogens is 2. The van der Waals surface area contributed by atoms with E-state index >= 15 is 0 Å². The third-order valence-electron chi connectivity index (χ3n) is 4.47. The number of hydrogen-bond donors (Lipinski definition) is 3. The summed E-state index contributed by atoms with van der Waals surface area (Å²) in [6, 6.07) is 6.65. The monoisotopic (exact) mass is 406 g/mol. The van der Waals surface area contributed by atoms with Gasteiger partial charge in [-0.3, -0.25) is 4.79 Å². The number of benzene rings is 1. The third-order valence-corrected chi connectivity index (χ3v) is 4.47. The molecule has 1 unspecified atom stereocenters. The van der Waals surface area contributed by atoms with Crippen molar-refractivity contribution in [3.8, 4) is 0 Å². The average Bonchev–Trinajstić information content (AvgIpc) is 3.07. The number of carbonyl (C=O) groups excluding carboxylic acids is 2. The molecular weight excluding hydrogens is 380 g/mol. The molecule has 1 aromatic carbocycles. The second kappa shape index (κ2) is 9.57. The quantitative estimate of drug-likeness (QED) is 0.725. The van der Waals surface area contributed by atoms with E-state index in [4.69, 9.17) is 0 Å². The van der Waals surface area contributed by atoms with Gasteiger partial charge in [-0.1, -0.05) is 0 Å². The highest BCUT2D eigenvalue weighted by Crippen LogP contribution is 2.23. The minimum Gasteiger partial charge on any atom is -0.336 e. The smallest absolute Gasteiger partial charge is 0.319 e. The summed E-state index contributed by atoms with van der Waals surface area (Å²) in [5.41, 5.74) is 1.23. The highest BCUT2D eigenvalue weighted by molar-refractivity contribution is 5.96. The molecule has 1 saturated heterocycles. The van der Waals surface area contributed by atoms with Gasteiger partial charge in [0.1, 0.15) is 11.9 Å². The first-order valence-electron chi connectivity index (χ1n) is 9.12. The van der Waals surface area contributed by atoms with Crippen LogP contribution in [0.3, 0.4) is 0 Å². The number of hydrogen-bond acceptors (Lipinski definition) is 4. The zero-order chi connectivity index (χ0) is 19.4. The fourth-order valence-corrected chi connectivity index (χ4v) is 3.17. The maximum Gasteiger partial charge on any atom is 0.319 e. The van der Waals surface area contributed by atoms with Gasteiger partial charge in [-0.25, -0.2) is 9.78 Å². The van der Waals surface area contributed by atoms with E-state index in [1.807, 2.05) is 36.6 Å². The van der Waals surface area contributed by atoms with E-state index in [0.717, 1.165) is 12.4 Å². The van der Waals surface area contributed by atoms with Gasteiger partial charge in [0, 0.05) is 56.4 Å². The molecule has 0 spiro atoms. The van der Waals surface area contributed by atoms with Crippen molar-refractivity contribution in [2.75, 3.05) is 25.0 Å². The summed E-state index contributed by atoms with van der Waals surface area (Å²) in [4.78, 5) is 31.1. The van der Waals surface area contributed by atoms with Gasteiger partial charge in [0.2, 0.25) is 0 Å². The minimum atomic E-state index is -0.263. The van der Waals surface area contributed by atoms with Crippen LogP contribution in [0, 0.1) is 0 Å². The summed E-state index contributed by atoms with van der Waals surface area (Å²) < 4.78 is 1.94. The molecule has 0 aliphatic carbocycles. The van der Waals surface area contributed by atoms with Crippen molar-refractivity contribution in [2.24, 2.45) is 7.05 Å². The number of imidazole rings is 1. The van der Waals surface area contributed by atoms with Gasteiger partial charge in [-0.15, -0.1) is 12.4 Å². The van der Waals surface area contributed by atoms with Crippen LogP contribution in [0.25, 0.3) is 0 Å². The fraction of sp³-hybridized carbons (Fsp3) is 0.421. The molecule has 3 rings (SSSR count). The lowest BCUT2D eigenvalue weighted by atomic mass is 10.1. The van der Waals surface area contributed by atoms with Gasteiger partial charge in [0.25, 0.3) is 5.91 Å². The Labute approximate surface area is 171 Å². The third kappa shape index (κ3) is 5.02. The lowest BCUT2D eigenvalue weighted by molar-refractivity contribution is 0.0621. The Morgan fingerprint density at radius 3 is 2.57 bits per heavy atom. The van der Waals surface area contributed by atoms with Crippen LogP contribution in [0.4, 0.5) is 10.5 Å². The first-order valence-corrected chi connectivity index (χ1v) is 9.12. The van der Waals surface area contributed by atoms with E-state index in [9.17, 15) is 9.59 Å². The molecule has 9 heteroatoms. The molecule has 1 atom stereocenters. The lowest BCUT2D eigenvalue weighted by Gasteiger charge is -2.35. The standard InChI is InChI=1S/C19H26N6O2.ClH/c1-13(2)22-19(27)23-15-6-4-14(5-7-15)18(26)25-11-8-20-12-16(25)17-21-9-10-24(17)3;/h4-7,9-10,13,16,20H,8,11-12H2,1-3H3,(H2,22,23,27);1H. The number of anilines is 1. The molecule has 0 radical (unpaired) electrons. The Bertz CT molecular complexity index is 805. The molecule has 0 bridgehead atoms. The zero-order valence-electron chi connectivity index (χ0n) is 16.3. The van der Waals surface area contributed by atoms with Crippen LogP contribution in [-0.4, -0.2) is 52.1 Å². The largest absolute Gasteiger partial charge is 0.336 e. The van der Waals surface area contributed by atoms with Crippen molar-refractivity contribution in [1.82, 2.24) is 25.1 Å². The molecule has 3 N–H and O–H groups in total. The SMILES string of the molecule is CC(C)NC(=O)Nc1ccc(C(=O)N2CCNCC2c2nccn2C)cc1.Cl. The van der Waals surface area contributed by atoms with Crippen LogP contribution < -0.4 is 16.0 Å². The van der Waals surface area contributed by atoms with Crippen LogP contribution in [-0.2, 0) is 7.05 Å². The van der Waals surface area contributed by atoms with Crippen LogP contribution in [0.5, 0.6) is 0 Å². The molecule has 1 aliphatic rings. The summed E-state index contributed by atoms with van der Waals surface area (Å²) in [6.45, 7) is 5.83. The number of rotatable bonds is 4. The van der Waals surface area contributed by atoms with Gasteiger partial charge >= 0.3 is 6.03 Å². The van der Waals surface area contributed by atoms with Crippen LogP contribution in [0.15, 0.2) is 36.7 Å². The maximum atomic E-state index is 13.1. The molecule has 28 heavy (non-hydrogen) atoms. The normalized spacial score (nSPS) is 16.4. The van der Waals surface area contributed by atoms with Gasteiger partial charge in [-0.2, -0.15) is 0 Å². The number of piperazine rings is 1. The Morgan fingerprint density at radius 1 is 1.25 bits per heavy atom. The van der Waals surface area contributed by atoms with E-state index < -0.39 is 0 Å². The molecule has 1 aliphatic heterocycles. The van der Waals surface area contributed by atoms with Gasteiger partial charge in [0.15, 0.2) is 0 Å². The highest BCUT2D eigenvalue weighted by atomic mass is 35.5. The number of nitrogens with one attached hydrogen (secondary N) is 3. The molecule has 2 heterocycles. The van der Waals surface area contributed by atoms with E-state index in [-0.39, 0.29) is 36.4 Å². The Hall–Kier alpha value is -2.58. The van der Waals surface area contributed by atoms with Crippen molar-refractivity contribution >= 4 is 30.0 Å². The first kappa shape index (κ1) is 21.7. The van der Waals surface area contributed by atoms with Gasteiger partial charge < -0.3 is 25.4 Å². The number of carbonyl (C=O) groups is 2. The first-order chi connectivity index (χ1) is 13.0. The number of halogens is 1. The average molecular weight is 407 g/mol. The molecule has 3 amide bonds. The van der Waals surface area contributed by atoms with Crippen molar-refractivity contribution in [1.29, 1.82) is 0 Å². The Morgan fingerprint density at radius 2 is 1.96 bits per heavy atom. The van der Waals surface area contributed by atoms with Crippen LogP contribution in [0.1, 0.15) is 36.1 Å². The van der Waals surface area contributed by atoms with E-state index in [0.29, 0.717) is 24.3 Å². The van der Waals surface area contributed by atoms with Crippen molar-refractivity contribution in [2.45, 2.75) is 25.9 Å². The minimum absolute atomic E-state index is 0. The molecule has 152 valence electrons. The summed E-state index contributed by atoms with van der Waals surface area (Å²) in [5, 5.41) is 8.86. The van der Waals surface area contributed by atoms with Gasteiger partial charge in [-0.05, 0) is 38.1 Å². The van der Waals surface area contributed by atoms with Gasteiger partial charge in [0.05, 0.1) is 0 Å². The maximum absolute atomic E-state index is 13.1. The molecule has 8 nitrogen and oxygen atoms in total. The number of amides is 3. The molecular formula is C19H27ClN6O2. The van der Waals surface area contributed by atoms with Crippen LogP contribution in [0.2, 0.25) is 0 Å².